The van der Waals surface area contributed by atoms with Crippen LogP contribution in [0, 0.1) is 20.8 Å². The molecule has 0 saturated carbocycles. The van der Waals surface area contributed by atoms with E-state index in [0.717, 1.165) is 84.2 Å². The summed E-state index contributed by atoms with van der Waals surface area (Å²) in [4.78, 5) is 28.5. The van der Waals surface area contributed by atoms with Gasteiger partial charge in [0.1, 0.15) is 0 Å². The van der Waals surface area contributed by atoms with Crippen molar-refractivity contribution >= 4 is 0 Å². The third-order valence-corrected chi connectivity index (χ3v) is 8.14. The number of hydrogen-bond acceptors (Lipinski definition) is 6. The molecular weight excluding hydrogens is 552 g/mol. The van der Waals surface area contributed by atoms with E-state index in [1.807, 2.05) is 73.2 Å². The first-order valence-electron chi connectivity index (χ1n) is 14.9. The zero-order valence-electron chi connectivity index (χ0n) is 25.3. The lowest BCUT2D eigenvalue weighted by molar-refractivity contribution is 1.21. The van der Waals surface area contributed by atoms with Crippen molar-refractivity contribution in [3.8, 4) is 67.5 Å². The van der Waals surface area contributed by atoms with Crippen LogP contribution in [0.2, 0.25) is 0 Å². The smallest absolute Gasteiger partial charge is 0.0725 e. The molecule has 6 nitrogen and oxygen atoms in total. The molecule has 0 atom stereocenters. The number of pyridine rings is 6. The molecule has 45 heavy (non-hydrogen) atoms. The maximum atomic E-state index is 5.17. The van der Waals surface area contributed by atoms with Crippen LogP contribution in [0.3, 0.4) is 0 Å². The molecule has 0 aliphatic carbocycles. The maximum absolute atomic E-state index is 5.17. The SMILES string of the molecule is Cc1c(-c2cccc(-c3cccnc3)n2)c(C)c(-c2cccc(-c3cccnc3)n2)c(C)c1-c1cccc(-c2cccnc2)n1. The Morgan fingerprint density at radius 1 is 0.333 bits per heavy atom. The van der Waals surface area contributed by atoms with Crippen molar-refractivity contribution in [1.82, 2.24) is 29.9 Å². The fourth-order valence-corrected chi connectivity index (χ4v) is 6.12. The fraction of sp³-hybridized carbons (Fsp3) is 0.0769. The maximum Gasteiger partial charge on any atom is 0.0725 e. The monoisotopic (exact) mass is 582 g/mol. The molecule has 0 bridgehead atoms. The predicted molar refractivity (Wildman–Crippen MR) is 180 cm³/mol. The largest absolute Gasteiger partial charge is 0.264 e. The number of hydrogen-bond donors (Lipinski definition) is 0. The van der Waals surface area contributed by atoms with Crippen LogP contribution in [0.25, 0.3) is 67.5 Å². The number of nitrogens with zero attached hydrogens (tertiary/aromatic N) is 6. The van der Waals surface area contributed by atoms with E-state index in [2.05, 4.69) is 72.1 Å². The minimum Gasteiger partial charge on any atom is -0.264 e. The lowest BCUT2D eigenvalue weighted by Crippen LogP contribution is -2.04. The van der Waals surface area contributed by atoms with Crippen LogP contribution in [-0.4, -0.2) is 29.9 Å². The molecule has 7 aromatic rings. The zero-order chi connectivity index (χ0) is 30.8. The lowest BCUT2D eigenvalue weighted by Gasteiger charge is -2.23. The van der Waals surface area contributed by atoms with Crippen LogP contribution in [0.4, 0.5) is 0 Å². The Labute approximate surface area is 262 Å². The van der Waals surface area contributed by atoms with Gasteiger partial charge in [0.25, 0.3) is 0 Å². The van der Waals surface area contributed by atoms with Crippen LogP contribution in [-0.2, 0) is 0 Å². The van der Waals surface area contributed by atoms with Crippen molar-refractivity contribution in [2.45, 2.75) is 20.8 Å². The molecule has 0 spiro atoms. The predicted octanol–water partition coefficient (Wildman–Crippen LogP) is 8.98. The van der Waals surface area contributed by atoms with E-state index >= 15 is 0 Å². The molecule has 0 saturated heterocycles. The molecule has 0 unspecified atom stereocenters. The van der Waals surface area contributed by atoms with Gasteiger partial charge < -0.3 is 0 Å². The summed E-state index contributed by atoms with van der Waals surface area (Å²) in [6.07, 6.45) is 10.9. The third-order valence-electron chi connectivity index (χ3n) is 8.14. The summed E-state index contributed by atoms with van der Waals surface area (Å²) in [6, 6.07) is 30.4. The number of benzene rings is 1. The Morgan fingerprint density at radius 3 is 0.889 bits per heavy atom. The van der Waals surface area contributed by atoms with Crippen LogP contribution in [0.15, 0.2) is 128 Å². The highest BCUT2D eigenvalue weighted by atomic mass is 14.8. The summed E-state index contributed by atoms with van der Waals surface area (Å²) >= 11 is 0. The van der Waals surface area contributed by atoms with Crippen LogP contribution < -0.4 is 0 Å². The van der Waals surface area contributed by atoms with E-state index in [1.54, 1.807) is 18.6 Å². The fourth-order valence-electron chi connectivity index (χ4n) is 6.12. The topological polar surface area (TPSA) is 77.3 Å². The number of aromatic nitrogens is 6. The first kappa shape index (κ1) is 27.9. The molecule has 1 aromatic carbocycles. The molecule has 216 valence electrons. The Bertz CT molecular complexity index is 1860. The Kier molecular flexibility index (Phi) is 7.46. The molecule has 0 fully saturated rings. The van der Waals surface area contributed by atoms with Gasteiger partial charge in [-0.05, 0) is 110 Å². The lowest BCUT2D eigenvalue weighted by atomic mass is 9.84. The van der Waals surface area contributed by atoms with E-state index in [-0.39, 0.29) is 0 Å². The van der Waals surface area contributed by atoms with Crippen molar-refractivity contribution in [3.05, 3.63) is 145 Å². The van der Waals surface area contributed by atoms with E-state index in [0.29, 0.717) is 0 Å². The second kappa shape index (κ2) is 12.0. The molecule has 0 amide bonds. The van der Waals surface area contributed by atoms with Gasteiger partial charge in [0.2, 0.25) is 0 Å². The highest BCUT2D eigenvalue weighted by Gasteiger charge is 2.23. The summed E-state index contributed by atoms with van der Waals surface area (Å²) in [5.74, 6) is 0. The van der Waals surface area contributed by atoms with Gasteiger partial charge in [-0.1, -0.05) is 18.2 Å². The highest BCUT2D eigenvalue weighted by molar-refractivity contribution is 5.90. The standard InChI is InChI=1S/C39H30N6/c1-25-37(34-16-4-13-31(43-34)28-10-7-19-40-22-28)26(2)39(36-18-6-15-33(45-36)30-12-9-21-42-24-30)27(3)38(25)35-17-5-14-32(44-35)29-11-8-20-41-23-29/h4-24H,1-3H3. The van der Waals surface area contributed by atoms with Crippen molar-refractivity contribution in [2.75, 3.05) is 0 Å². The van der Waals surface area contributed by atoms with Gasteiger partial charge in [-0.25, -0.2) is 15.0 Å². The summed E-state index contributed by atoms with van der Waals surface area (Å²) in [5, 5.41) is 0. The highest BCUT2D eigenvalue weighted by Crippen LogP contribution is 2.43. The Hall–Kier alpha value is -5.88. The minimum absolute atomic E-state index is 0.872. The second-order valence-corrected chi connectivity index (χ2v) is 10.9. The Morgan fingerprint density at radius 2 is 0.622 bits per heavy atom. The van der Waals surface area contributed by atoms with Crippen molar-refractivity contribution < 1.29 is 0 Å². The summed E-state index contributed by atoms with van der Waals surface area (Å²) in [7, 11) is 0. The average Bonchev–Trinajstić information content (AvgIpc) is 3.10. The normalized spacial score (nSPS) is 11.0. The first-order chi connectivity index (χ1) is 22.1. The van der Waals surface area contributed by atoms with E-state index in [1.165, 1.54) is 0 Å². The van der Waals surface area contributed by atoms with E-state index in [4.69, 9.17) is 15.0 Å². The molecule has 0 aliphatic heterocycles. The summed E-state index contributed by atoms with van der Waals surface area (Å²) in [5.41, 5.74) is 14.7. The van der Waals surface area contributed by atoms with Crippen molar-refractivity contribution in [3.63, 3.8) is 0 Å². The molecule has 0 aliphatic rings. The average molecular weight is 583 g/mol. The minimum atomic E-state index is 0.872. The van der Waals surface area contributed by atoms with Gasteiger partial charge >= 0.3 is 0 Å². The van der Waals surface area contributed by atoms with E-state index in [9.17, 15) is 0 Å². The van der Waals surface area contributed by atoms with E-state index < -0.39 is 0 Å². The van der Waals surface area contributed by atoms with Crippen LogP contribution in [0.1, 0.15) is 16.7 Å². The van der Waals surface area contributed by atoms with Crippen molar-refractivity contribution in [1.29, 1.82) is 0 Å². The van der Waals surface area contributed by atoms with Gasteiger partial charge in [0, 0.05) is 70.6 Å². The van der Waals surface area contributed by atoms with Crippen LogP contribution in [0.5, 0.6) is 0 Å². The Balaban J connectivity index is 1.49. The molecule has 6 heteroatoms. The first-order valence-corrected chi connectivity index (χ1v) is 14.9. The van der Waals surface area contributed by atoms with Gasteiger partial charge in [-0.15, -0.1) is 0 Å². The van der Waals surface area contributed by atoms with Crippen LogP contribution >= 0.6 is 0 Å². The van der Waals surface area contributed by atoms with Gasteiger partial charge in [0.05, 0.1) is 34.2 Å². The second-order valence-electron chi connectivity index (χ2n) is 10.9. The zero-order valence-corrected chi connectivity index (χ0v) is 25.3. The molecule has 6 aromatic heterocycles. The summed E-state index contributed by atoms with van der Waals surface area (Å²) < 4.78 is 0. The molecular formula is C39H30N6. The number of rotatable bonds is 6. The quantitative estimate of drug-likeness (QED) is 0.195. The van der Waals surface area contributed by atoms with Gasteiger partial charge in [-0.3, -0.25) is 15.0 Å². The van der Waals surface area contributed by atoms with Crippen molar-refractivity contribution in [2.24, 2.45) is 0 Å². The van der Waals surface area contributed by atoms with Gasteiger partial charge in [0.15, 0.2) is 0 Å². The molecule has 6 heterocycles. The van der Waals surface area contributed by atoms with Gasteiger partial charge in [-0.2, -0.15) is 0 Å². The third kappa shape index (κ3) is 5.38. The summed E-state index contributed by atoms with van der Waals surface area (Å²) in [6.45, 7) is 6.51. The molecule has 0 radical (unpaired) electrons. The molecule has 0 N–H and O–H groups in total. The molecule has 7 rings (SSSR count).